The predicted octanol–water partition coefficient (Wildman–Crippen LogP) is 2.80. The van der Waals surface area contributed by atoms with E-state index in [9.17, 15) is 13.0 Å². The lowest BCUT2D eigenvalue weighted by Gasteiger charge is -2.15. The molecule has 92 valence electrons. The quantitative estimate of drug-likeness (QED) is 0.850. The maximum absolute atomic E-state index is 12.0. The molecule has 0 bridgehead atoms. The maximum atomic E-state index is 12.0. The summed E-state index contributed by atoms with van der Waals surface area (Å²) in [5.41, 5.74) is 1.62. The molecule has 1 aromatic carbocycles. The molecule has 1 aliphatic rings. The standard InChI is InChI=1S/C11H10F2O3S/c12-11(13)16-9-3-1-8-6-10(17(14)15)4-2-7(8)5-9/h1,3,5-6,11H,2,4H2,(H,14,15). The highest BCUT2D eigenvalue weighted by atomic mass is 32.2. The van der Waals surface area contributed by atoms with Gasteiger partial charge in [-0.1, -0.05) is 6.07 Å². The lowest BCUT2D eigenvalue weighted by molar-refractivity contribution is -0.0498. The van der Waals surface area contributed by atoms with Crippen LogP contribution in [0.25, 0.3) is 6.08 Å². The number of benzene rings is 1. The van der Waals surface area contributed by atoms with Gasteiger partial charge in [-0.3, -0.25) is 0 Å². The van der Waals surface area contributed by atoms with Gasteiger partial charge in [0.15, 0.2) is 11.1 Å². The van der Waals surface area contributed by atoms with E-state index in [1.165, 1.54) is 12.1 Å². The molecule has 1 N–H and O–H groups in total. The number of ether oxygens (including phenoxy) is 1. The van der Waals surface area contributed by atoms with Crippen molar-refractivity contribution in [3.63, 3.8) is 0 Å². The van der Waals surface area contributed by atoms with Crippen molar-refractivity contribution in [2.75, 3.05) is 0 Å². The van der Waals surface area contributed by atoms with E-state index in [0.29, 0.717) is 17.7 Å². The summed E-state index contributed by atoms with van der Waals surface area (Å²) in [7, 11) is 0. The van der Waals surface area contributed by atoms with Gasteiger partial charge >= 0.3 is 6.61 Å². The van der Waals surface area contributed by atoms with Gasteiger partial charge in [0.05, 0.1) is 0 Å². The molecule has 1 unspecified atom stereocenters. The number of aryl methyl sites for hydroxylation is 1. The number of allylic oxidation sites excluding steroid dienone is 1. The molecule has 6 heteroatoms. The third kappa shape index (κ3) is 2.89. The van der Waals surface area contributed by atoms with Crippen molar-refractivity contribution < 1.29 is 22.3 Å². The first-order chi connectivity index (χ1) is 8.06. The minimum absolute atomic E-state index is 0.112. The molecule has 0 heterocycles. The summed E-state index contributed by atoms with van der Waals surface area (Å²) in [4.78, 5) is 0.444. The minimum atomic E-state index is -2.84. The molecule has 1 aliphatic carbocycles. The minimum Gasteiger partial charge on any atom is -0.435 e. The van der Waals surface area contributed by atoms with Crippen LogP contribution in [0.2, 0.25) is 0 Å². The van der Waals surface area contributed by atoms with Crippen LogP contribution in [0.4, 0.5) is 8.78 Å². The van der Waals surface area contributed by atoms with Crippen molar-refractivity contribution >= 4 is 17.2 Å². The second-order valence-electron chi connectivity index (χ2n) is 3.60. The molecule has 1 aromatic rings. The molecule has 0 aromatic heterocycles. The molecule has 0 aliphatic heterocycles. The van der Waals surface area contributed by atoms with Gasteiger partial charge in [-0.2, -0.15) is 8.78 Å². The summed E-state index contributed by atoms with van der Waals surface area (Å²) in [6.45, 7) is -2.84. The Morgan fingerprint density at radius 2 is 2.12 bits per heavy atom. The maximum Gasteiger partial charge on any atom is 0.387 e. The molecular weight excluding hydrogens is 250 g/mol. The highest BCUT2D eigenvalue weighted by molar-refractivity contribution is 7.83. The van der Waals surface area contributed by atoms with Gasteiger partial charge < -0.3 is 9.29 Å². The summed E-state index contributed by atoms with van der Waals surface area (Å²) >= 11 is -1.96. The largest absolute Gasteiger partial charge is 0.435 e. The van der Waals surface area contributed by atoms with Crippen LogP contribution in [-0.4, -0.2) is 15.4 Å². The van der Waals surface area contributed by atoms with Crippen molar-refractivity contribution in [2.24, 2.45) is 0 Å². The Kier molecular flexibility index (Phi) is 3.54. The van der Waals surface area contributed by atoms with Crippen LogP contribution in [0.1, 0.15) is 17.5 Å². The zero-order valence-electron chi connectivity index (χ0n) is 8.73. The molecule has 0 spiro atoms. The SMILES string of the molecule is O=S(O)C1=Cc2ccc(OC(F)F)cc2CC1. The fourth-order valence-electron chi connectivity index (χ4n) is 1.76. The van der Waals surface area contributed by atoms with Gasteiger partial charge in [0, 0.05) is 4.91 Å². The third-order valence-electron chi connectivity index (χ3n) is 2.52. The Morgan fingerprint density at radius 1 is 1.35 bits per heavy atom. The number of halogens is 2. The zero-order chi connectivity index (χ0) is 12.4. The zero-order valence-corrected chi connectivity index (χ0v) is 9.55. The van der Waals surface area contributed by atoms with Gasteiger partial charge in [0.1, 0.15) is 5.75 Å². The Bertz CT molecular complexity index is 486. The first kappa shape index (κ1) is 12.2. The first-order valence-corrected chi connectivity index (χ1v) is 6.06. The van der Waals surface area contributed by atoms with Gasteiger partial charge in [-0.05, 0) is 42.2 Å². The molecule has 2 rings (SSSR count). The van der Waals surface area contributed by atoms with Crippen LogP contribution in [0.3, 0.4) is 0 Å². The molecule has 17 heavy (non-hydrogen) atoms. The monoisotopic (exact) mass is 260 g/mol. The van der Waals surface area contributed by atoms with Gasteiger partial charge in [-0.25, -0.2) is 4.21 Å². The van der Waals surface area contributed by atoms with Crippen LogP contribution in [0.5, 0.6) is 5.75 Å². The van der Waals surface area contributed by atoms with E-state index < -0.39 is 17.7 Å². The summed E-state index contributed by atoms with van der Waals surface area (Å²) in [6.07, 6.45) is 2.61. The highest BCUT2D eigenvalue weighted by Gasteiger charge is 2.15. The van der Waals surface area contributed by atoms with Crippen LogP contribution >= 0.6 is 0 Å². The molecule has 3 nitrogen and oxygen atoms in total. The van der Waals surface area contributed by atoms with Crippen LogP contribution in [0, 0.1) is 0 Å². The molecule has 1 atom stereocenters. The Balaban J connectivity index is 2.28. The molecule has 0 fully saturated rings. The summed E-state index contributed by atoms with van der Waals surface area (Å²) in [5, 5.41) is 0. The van der Waals surface area contributed by atoms with Crippen molar-refractivity contribution in [3.05, 3.63) is 34.2 Å². The topological polar surface area (TPSA) is 46.5 Å². The summed E-state index contributed by atoms with van der Waals surface area (Å²) in [6, 6.07) is 4.57. The van der Waals surface area contributed by atoms with E-state index in [2.05, 4.69) is 4.74 Å². The lowest BCUT2D eigenvalue weighted by atomic mass is 9.97. The van der Waals surface area contributed by atoms with E-state index >= 15 is 0 Å². The van der Waals surface area contributed by atoms with Crippen molar-refractivity contribution in [1.82, 2.24) is 0 Å². The normalized spacial score (nSPS) is 16.4. The second kappa shape index (κ2) is 4.93. The number of fused-ring (bicyclic) bond motifs is 1. The van der Waals surface area contributed by atoms with E-state index in [0.717, 1.165) is 11.1 Å². The van der Waals surface area contributed by atoms with Crippen LogP contribution in [0.15, 0.2) is 23.1 Å². The Labute approximate surface area is 99.4 Å². The van der Waals surface area contributed by atoms with Gasteiger partial charge in [0.25, 0.3) is 0 Å². The molecular formula is C11H10F2O3S. The summed E-state index contributed by atoms with van der Waals surface area (Å²) < 4.78 is 48.2. The van der Waals surface area contributed by atoms with E-state index in [-0.39, 0.29) is 5.75 Å². The number of hydrogen-bond acceptors (Lipinski definition) is 2. The fourth-order valence-corrected chi connectivity index (χ4v) is 2.26. The van der Waals surface area contributed by atoms with E-state index in [1.54, 1.807) is 12.1 Å². The Morgan fingerprint density at radius 3 is 2.76 bits per heavy atom. The van der Waals surface area contributed by atoms with E-state index in [1.807, 2.05) is 0 Å². The van der Waals surface area contributed by atoms with Crippen molar-refractivity contribution in [3.8, 4) is 5.75 Å². The van der Waals surface area contributed by atoms with E-state index in [4.69, 9.17) is 4.55 Å². The van der Waals surface area contributed by atoms with Crippen molar-refractivity contribution in [1.29, 1.82) is 0 Å². The van der Waals surface area contributed by atoms with Gasteiger partial charge in [-0.15, -0.1) is 0 Å². The van der Waals surface area contributed by atoms with Crippen LogP contribution in [-0.2, 0) is 17.5 Å². The smallest absolute Gasteiger partial charge is 0.387 e. The first-order valence-electron chi connectivity index (χ1n) is 4.95. The van der Waals surface area contributed by atoms with Crippen molar-refractivity contribution in [2.45, 2.75) is 19.5 Å². The second-order valence-corrected chi connectivity index (χ2v) is 4.62. The number of rotatable bonds is 3. The average Bonchev–Trinajstić information content (AvgIpc) is 2.27. The third-order valence-corrected chi connectivity index (χ3v) is 3.29. The number of alkyl halides is 2. The fraction of sp³-hybridized carbons (Fsp3) is 0.273. The van der Waals surface area contributed by atoms with Crippen LogP contribution < -0.4 is 4.74 Å². The lowest BCUT2D eigenvalue weighted by Crippen LogP contribution is -2.06. The average molecular weight is 260 g/mol. The molecule has 0 radical (unpaired) electrons. The predicted molar refractivity (Wildman–Crippen MR) is 60.1 cm³/mol. The molecule has 0 saturated heterocycles. The summed E-state index contributed by atoms with van der Waals surface area (Å²) in [5.74, 6) is 0.112. The Hall–Kier alpha value is -1.27. The molecule has 0 amide bonds. The molecule has 0 saturated carbocycles. The number of hydrogen-bond donors (Lipinski definition) is 1. The highest BCUT2D eigenvalue weighted by Crippen LogP contribution is 2.28. The van der Waals surface area contributed by atoms with Gasteiger partial charge in [0.2, 0.25) is 0 Å².